The van der Waals surface area contributed by atoms with Crippen LogP contribution in [0, 0.1) is 0 Å². The molecule has 5 N–H and O–H groups in total. The summed E-state index contributed by atoms with van der Waals surface area (Å²) in [6.45, 7) is 0.166. The number of imidazole rings is 1. The summed E-state index contributed by atoms with van der Waals surface area (Å²) < 4.78 is 3.00. The summed E-state index contributed by atoms with van der Waals surface area (Å²) in [5.41, 5.74) is 5.68. The van der Waals surface area contributed by atoms with Gasteiger partial charge in [-0.05, 0) is 7.05 Å². The van der Waals surface area contributed by atoms with Gasteiger partial charge in [0.25, 0.3) is 17.4 Å². The number of aromatic amines is 1. The Morgan fingerprint density at radius 1 is 1.54 bits per heavy atom. The van der Waals surface area contributed by atoms with Gasteiger partial charge in [-0.1, -0.05) is 4.98 Å². The number of carbonyl (C=O) groups is 2. The van der Waals surface area contributed by atoms with Crippen LogP contribution in [0.2, 0.25) is 0 Å². The standard InChI is InChI=1S/C13H19N7O4/c1-15-3-4-19(6-9(22)23)8(21)5-20-7-18(2)10-11(20)16-13(14)17-12(10)24/h7,15H,3-6H2,1-2H3,(H3-,14,16,17,22,23,24)/p+1. The molecule has 0 unspecified atom stereocenters. The summed E-state index contributed by atoms with van der Waals surface area (Å²) in [5, 5.41) is 11.8. The topological polar surface area (TPSA) is 150 Å². The summed E-state index contributed by atoms with van der Waals surface area (Å²) in [5.74, 6) is -1.55. The summed E-state index contributed by atoms with van der Waals surface area (Å²) >= 11 is 0. The number of nitrogens with two attached hydrogens (primary N) is 1. The van der Waals surface area contributed by atoms with E-state index in [0.717, 1.165) is 0 Å². The Morgan fingerprint density at radius 2 is 2.25 bits per heavy atom. The van der Waals surface area contributed by atoms with Gasteiger partial charge >= 0.3 is 11.6 Å². The molecule has 2 aromatic heterocycles. The number of aromatic nitrogens is 4. The zero-order valence-corrected chi connectivity index (χ0v) is 13.4. The van der Waals surface area contributed by atoms with Crippen molar-refractivity contribution < 1.29 is 19.3 Å². The van der Waals surface area contributed by atoms with E-state index in [4.69, 9.17) is 10.8 Å². The van der Waals surface area contributed by atoms with Gasteiger partial charge in [0.05, 0.1) is 7.05 Å². The van der Waals surface area contributed by atoms with Crippen molar-refractivity contribution in [3.05, 3.63) is 16.7 Å². The fraction of sp³-hybridized carbons (Fsp3) is 0.462. The van der Waals surface area contributed by atoms with E-state index in [1.807, 2.05) is 0 Å². The van der Waals surface area contributed by atoms with Crippen molar-refractivity contribution in [1.82, 2.24) is 24.8 Å². The molecule has 0 spiro atoms. The van der Waals surface area contributed by atoms with Crippen molar-refractivity contribution in [3.63, 3.8) is 0 Å². The number of hydrogen-bond acceptors (Lipinski definition) is 6. The number of nitrogen functional groups attached to an aromatic ring is 1. The zero-order valence-electron chi connectivity index (χ0n) is 13.4. The van der Waals surface area contributed by atoms with Crippen molar-refractivity contribution in [2.45, 2.75) is 6.54 Å². The van der Waals surface area contributed by atoms with E-state index in [2.05, 4.69) is 15.3 Å². The molecule has 0 radical (unpaired) electrons. The molecule has 0 aliphatic heterocycles. The highest BCUT2D eigenvalue weighted by Gasteiger charge is 2.24. The van der Waals surface area contributed by atoms with E-state index < -0.39 is 24.0 Å². The largest absolute Gasteiger partial charge is 0.480 e. The van der Waals surface area contributed by atoms with Crippen LogP contribution in [0.1, 0.15) is 0 Å². The van der Waals surface area contributed by atoms with Crippen LogP contribution in [-0.2, 0) is 23.2 Å². The number of nitrogens with one attached hydrogen (secondary N) is 2. The fourth-order valence-corrected chi connectivity index (χ4v) is 2.38. The maximum atomic E-state index is 12.4. The number of amides is 1. The lowest BCUT2D eigenvalue weighted by atomic mass is 10.4. The molecule has 1 amide bonds. The first-order valence-corrected chi connectivity index (χ1v) is 7.22. The van der Waals surface area contributed by atoms with Crippen LogP contribution in [0.3, 0.4) is 0 Å². The predicted octanol–water partition coefficient (Wildman–Crippen LogP) is -2.74. The van der Waals surface area contributed by atoms with Crippen molar-refractivity contribution in [1.29, 1.82) is 0 Å². The number of carboxylic acid groups (broad SMARTS) is 1. The van der Waals surface area contributed by atoms with Gasteiger partial charge in [-0.2, -0.15) is 0 Å². The smallest absolute Gasteiger partial charge is 0.323 e. The summed E-state index contributed by atoms with van der Waals surface area (Å²) in [7, 11) is 3.36. The van der Waals surface area contributed by atoms with Crippen LogP contribution >= 0.6 is 0 Å². The average Bonchev–Trinajstić information content (AvgIpc) is 2.79. The molecule has 0 saturated heterocycles. The zero-order chi connectivity index (χ0) is 17.9. The van der Waals surface area contributed by atoms with Crippen LogP contribution in [-0.4, -0.2) is 63.1 Å². The third-order valence-corrected chi connectivity index (χ3v) is 3.45. The molecule has 2 heterocycles. The van der Waals surface area contributed by atoms with Gasteiger partial charge in [0, 0.05) is 13.1 Å². The molecule has 0 bridgehead atoms. The van der Waals surface area contributed by atoms with Crippen molar-refractivity contribution in [2.75, 3.05) is 32.4 Å². The van der Waals surface area contributed by atoms with Crippen molar-refractivity contribution >= 4 is 29.0 Å². The van der Waals surface area contributed by atoms with Crippen LogP contribution in [0.25, 0.3) is 11.2 Å². The minimum atomic E-state index is -1.10. The van der Waals surface area contributed by atoms with E-state index in [-0.39, 0.29) is 30.2 Å². The fourth-order valence-electron chi connectivity index (χ4n) is 2.38. The van der Waals surface area contributed by atoms with Gasteiger partial charge < -0.3 is 21.1 Å². The van der Waals surface area contributed by atoms with Crippen LogP contribution in [0.4, 0.5) is 5.95 Å². The number of fused-ring (bicyclic) bond motifs is 1. The lowest BCUT2D eigenvalue weighted by molar-refractivity contribution is -0.661. The van der Waals surface area contributed by atoms with Crippen molar-refractivity contribution in [2.24, 2.45) is 7.05 Å². The Kier molecular flexibility index (Phi) is 5.14. The second-order valence-electron chi connectivity index (χ2n) is 5.29. The molecule has 0 aliphatic rings. The number of H-pyrrole nitrogens is 1. The molecule has 0 aliphatic carbocycles. The number of nitrogens with zero attached hydrogens (tertiary/aromatic N) is 4. The first kappa shape index (κ1) is 17.4. The second kappa shape index (κ2) is 7.08. The third-order valence-electron chi connectivity index (χ3n) is 3.45. The predicted molar refractivity (Wildman–Crippen MR) is 84.1 cm³/mol. The van der Waals surface area contributed by atoms with Crippen LogP contribution in [0.15, 0.2) is 11.1 Å². The monoisotopic (exact) mass is 338 g/mol. The number of carboxylic acids is 1. The van der Waals surface area contributed by atoms with Gasteiger partial charge in [-0.3, -0.25) is 23.9 Å². The number of carbonyl (C=O) groups excluding carboxylic acids is 1. The molecular weight excluding hydrogens is 318 g/mol. The Balaban J connectivity index is 2.32. The minimum Gasteiger partial charge on any atom is -0.480 e. The summed E-state index contributed by atoms with van der Waals surface area (Å²) in [4.78, 5) is 43.0. The SMILES string of the molecule is CNCCN(CC(=O)O)C(=O)C[n+]1cn(C)c2c(=O)[nH]c(N)nc21. The molecule has 11 heteroatoms. The Bertz CT molecular complexity index is 826. The van der Waals surface area contributed by atoms with Crippen LogP contribution in [0.5, 0.6) is 0 Å². The number of hydrogen-bond donors (Lipinski definition) is 4. The number of aliphatic carboxylic acids is 1. The van der Waals surface area contributed by atoms with Gasteiger partial charge in [0.2, 0.25) is 5.52 Å². The molecule has 0 aromatic carbocycles. The highest BCUT2D eigenvalue weighted by molar-refractivity contribution is 5.80. The molecule has 0 saturated carbocycles. The van der Waals surface area contributed by atoms with Gasteiger partial charge in [-0.15, -0.1) is 0 Å². The maximum absolute atomic E-state index is 12.4. The van der Waals surface area contributed by atoms with E-state index in [9.17, 15) is 14.4 Å². The lowest BCUT2D eigenvalue weighted by Gasteiger charge is -2.19. The second-order valence-corrected chi connectivity index (χ2v) is 5.29. The van der Waals surface area contributed by atoms with E-state index in [0.29, 0.717) is 6.54 Å². The molecule has 130 valence electrons. The highest BCUT2D eigenvalue weighted by Crippen LogP contribution is 2.03. The number of anilines is 1. The quantitative estimate of drug-likeness (QED) is 0.400. The number of rotatable bonds is 7. The molecule has 2 aromatic rings. The van der Waals surface area contributed by atoms with Gasteiger partial charge in [0.15, 0.2) is 12.9 Å². The number of aryl methyl sites for hydroxylation is 1. The summed E-state index contributed by atoms with van der Waals surface area (Å²) in [6, 6.07) is 0. The van der Waals surface area contributed by atoms with E-state index in [1.54, 1.807) is 20.4 Å². The number of likely N-dealkylation sites (N-methyl/N-ethyl adjacent to an activating group) is 1. The first-order valence-electron chi connectivity index (χ1n) is 7.22. The molecule has 0 fully saturated rings. The third kappa shape index (κ3) is 3.68. The normalized spacial score (nSPS) is 10.9. The maximum Gasteiger partial charge on any atom is 0.323 e. The van der Waals surface area contributed by atoms with Gasteiger partial charge in [0.1, 0.15) is 6.54 Å². The Hall–Kier alpha value is -2.95. The average molecular weight is 338 g/mol. The molecule has 11 nitrogen and oxygen atoms in total. The summed E-state index contributed by atoms with van der Waals surface area (Å²) in [6.07, 6.45) is 1.54. The van der Waals surface area contributed by atoms with E-state index >= 15 is 0 Å². The van der Waals surface area contributed by atoms with Crippen LogP contribution < -0.4 is 21.2 Å². The lowest BCUT2D eigenvalue weighted by Crippen LogP contribution is -2.47. The highest BCUT2D eigenvalue weighted by atomic mass is 16.4. The molecule has 24 heavy (non-hydrogen) atoms. The van der Waals surface area contributed by atoms with Crippen molar-refractivity contribution in [3.8, 4) is 0 Å². The molecular formula is C13H20N7O4+. The molecule has 0 atom stereocenters. The minimum absolute atomic E-state index is 0.0579. The van der Waals surface area contributed by atoms with Gasteiger partial charge in [-0.25, -0.2) is 4.57 Å². The Labute approximate surface area is 136 Å². The Morgan fingerprint density at radius 3 is 2.88 bits per heavy atom. The first-order chi connectivity index (χ1) is 11.3. The molecule has 2 rings (SSSR count). The van der Waals surface area contributed by atoms with E-state index in [1.165, 1.54) is 14.0 Å².